The van der Waals surface area contributed by atoms with Gasteiger partial charge in [-0.25, -0.2) is 0 Å². The second kappa shape index (κ2) is 10.2. The van der Waals surface area contributed by atoms with E-state index in [1.54, 1.807) is 19.1 Å². The van der Waals surface area contributed by atoms with Crippen molar-refractivity contribution in [3.05, 3.63) is 0 Å². The van der Waals surface area contributed by atoms with E-state index in [1.807, 2.05) is 7.05 Å². The summed E-state index contributed by atoms with van der Waals surface area (Å²) in [7, 11) is 5.49. The maximum absolute atomic E-state index is 11.8. The van der Waals surface area contributed by atoms with Gasteiger partial charge in [0.1, 0.15) is 0 Å². The number of nitrogens with two attached hydrogens (primary N) is 1. The van der Waals surface area contributed by atoms with Crippen molar-refractivity contribution in [2.75, 3.05) is 47.4 Å². The van der Waals surface area contributed by atoms with Crippen molar-refractivity contribution in [3.8, 4) is 0 Å². The first-order valence-electron chi connectivity index (χ1n) is 6.17. The van der Waals surface area contributed by atoms with E-state index in [2.05, 4.69) is 4.90 Å². The molecule has 0 fully saturated rings. The summed E-state index contributed by atoms with van der Waals surface area (Å²) in [6.07, 6.45) is 2.09. The Hall–Kier alpha value is -0.720. The first kappa shape index (κ1) is 17.3. The lowest BCUT2D eigenvalue weighted by molar-refractivity contribution is -0.130. The van der Waals surface area contributed by atoms with Crippen LogP contribution >= 0.6 is 12.2 Å². The van der Waals surface area contributed by atoms with Crippen LogP contribution in [-0.2, 0) is 9.53 Å². The molecule has 0 saturated carbocycles. The molecule has 0 aromatic heterocycles. The van der Waals surface area contributed by atoms with E-state index >= 15 is 0 Å². The van der Waals surface area contributed by atoms with Crippen molar-refractivity contribution in [2.45, 2.75) is 19.3 Å². The number of thiocarbonyl (C=S) groups is 1. The van der Waals surface area contributed by atoms with Gasteiger partial charge in [-0.3, -0.25) is 4.79 Å². The molecule has 1 amide bonds. The maximum Gasteiger partial charge on any atom is 0.223 e. The van der Waals surface area contributed by atoms with Gasteiger partial charge < -0.3 is 20.3 Å². The Labute approximate surface area is 115 Å². The number of carbonyl (C=O) groups is 1. The molecule has 0 unspecified atom stereocenters. The number of carbonyl (C=O) groups excluding carboxylic acids is 1. The van der Waals surface area contributed by atoms with Gasteiger partial charge in [-0.1, -0.05) is 12.2 Å². The molecule has 0 aromatic carbocycles. The van der Waals surface area contributed by atoms with Crippen LogP contribution < -0.4 is 5.73 Å². The summed E-state index contributed by atoms with van der Waals surface area (Å²) >= 11 is 4.79. The van der Waals surface area contributed by atoms with Crippen LogP contribution in [0.2, 0.25) is 0 Å². The normalized spacial score (nSPS) is 10.7. The summed E-state index contributed by atoms with van der Waals surface area (Å²) in [4.78, 5) is 16.1. The largest absolute Gasteiger partial charge is 0.393 e. The van der Waals surface area contributed by atoms with Crippen LogP contribution in [0.4, 0.5) is 0 Å². The SMILES string of the molecule is COCCCN(C)CCC(=O)N(C)CCC(N)=S. The summed E-state index contributed by atoms with van der Waals surface area (Å²) in [5.74, 6) is 0.129. The molecule has 5 nitrogen and oxygen atoms in total. The molecule has 0 rings (SSSR count). The van der Waals surface area contributed by atoms with Gasteiger partial charge in [-0.05, 0) is 13.5 Å². The topological polar surface area (TPSA) is 58.8 Å². The predicted octanol–water partition coefficient (Wildman–Crippen LogP) is 0.479. The fourth-order valence-corrected chi connectivity index (χ4v) is 1.56. The van der Waals surface area contributed by atoms with Gasteiger partial charge in [-0.15, -0.1) is 0 Å². The van der Waals surface area contributed by atoms with Crippen LogP contribution in [0.25, 0.3) is 0 Å². The molecule has 0 spiro atoms. The fraction of sp³-hybridized carbons (Fsp3) is 0.833. The number of nitrogens with zero attached hydrogens (tertiary/aromatic N) is 2. The van der Waals surface area contributed by atoms with Crippen molar-refractivity contribution in [1.29, 1.82) is 0 Å². The first-order chi connectivity index (χ1) is 8.47. The first-order valence-corrected chi connectivity index (χ1v) is 6.58. The van der Waals surface area contributed by atoms with Gasteiger partial charge in [-0.2, -0.15) is 0 Å². The minimum atomic E-state index is 0.129. The average Bonchev–Trinajstić information content (AvgIpc) is 2.33. The van der Waals surface area contributed by atoms with Crippen LogP contribution in [0.5, 0.6) is 0 Å². The molecule has 6 heteroatoms. The highest BCUT2D eigenvalue weighted by molar-refractivity contribution is 7.80. The Balaban J connectivity index is 3.70. The third-order valence-corrected chi connectivity index (χ3v) is 2.92. The van der Waals surface area contributed by atoms with Crippen molar-refractivity contribution in [1.82, 2.24) is 9.80 Å². The number of methoxy groups -OCH3 is 1. The molecule has 0 bridgehead atoms. The summed E-state index contributed by atoms with van der Waals surface area (Å²) < 4.78 is 4.98. The lowest BCUT2D eigenvalue weighted by Crippen LogP contribution is -2.33. The van der Waals surface area contributed by atoms with Crippen LogP contribution in [0.15, 0.2) is 0 Å². The molecule has 2 N–H and O–H groups in total. The van der Waals surface area contributed by atoms with Gasteiger partial charge in [0.05, 0.1) is 4.99 Å². The summed E-state index contributed by atoms with van der Waals surface area (Å²) in [6.45, 7) is 3.06. The Morgan fingerprint density at radius 3 is 2.44 bits per heavy atom. The van der Waals surface area contributed by atoms with Crippen molar-refractivity contribution in [2.24, 2.45) is 5.73 Å². The third kappa shape index (κ3) is 9.32. The van der Waals surface area contributed by atoms with Gasteiger partial charge in [0.15, 0.2) is 0 Å². The van der Waals surface area contributed by atoms with Crippen LogP contribution in [0, 0.1) is 0 Å². The zero-order valence-corrected chi connectivity index (χ0v) is 12.5. The quantitative estimate of drug-likeness (QED) is 0.464. The average molecular weight is 275 g/mol. The molecular formula is C12H25N3O2S. The highest BCUT2D eigenvalue weighted by atomic mass is 32.1. The Bertz CT molecular complexity index is 262. The Morgan fingerprint density at radius 2 is 1.89 bits per heavy atom. The molecule has 0 radical (unpaired) electrons. The zero-order valence-electron chi connectivity index (χ0n) is 11.6. The van der Waals surface area contributed by atoms with E-state index in [1.165, 1.54) is 0 Å². The Kier molecular flexibility index (Phi) is 9.82. The van der Waals surface area contributed by atoms with E-state index in [4.69, 9.17) is 22.7 Å². The van der Waals surface area contributed by atoms with Crippen molar-refractivity contribution < 1.29 is 9.53 Å². The predicted molar refractivity (Wildman–Crippen MR) is 77.6 cm³/mol. The summed E-state index contributed by atoms with van der Waals surface area (Å²) in [5, 5.41) is 0. The summed E-state index contributed by atoms with van der Waals surface area (Å²) in [5.41, 5.74) is 5.40. The lowest BCUT2D eigenvalue weighted by Gasteiger charge is -2.20. The van der Waals surface area contributed by atoms with E-state index < -0.39 is 0 Å². The van der Waals surface area contributed by atoms with Crippen LogP contribution in [-0.4, -0.2) is 68.1 Å². The van der Waals surface area contributed by atoms with E-state index in [-0.39, 0.29) is 5.91 Å². The number of hydrogen-bond donors (Lipinski definition) is 1. The fourth-order valence-electron chi connectivity index (χ4n) is 1.47. The third-order valence-electron chi connectivity index (χ3n) is 2.72. The molecule has 0 heterocycles. The van der Waals surface area contributed by atoms with E-state index in [0.717, 1.165) is 26.1 Å². The molecule has 0 aliphatic rings. The van der Waals surface area contributed by atoms with E-state index in [9.17, 15) is 4.79 Å². The molecule has 18 heavy (non-hydrogen) atoms. The number of hydrogen-bond acceptors (Lipinski definition) is 4. The smallest absolute Gasteiger partial charge is 0.223 e. The van der Waals surface area contributed by atoms with E-state index in [0.29, 0.717) is 24.4 Å². The molecule has 0 aliphatic heterocycles. The van der Waals surface area contributed by atoms with Crippen molar-refractivity contribution in [3.63, 3.8) is 0 Å². The second-order valence-corrected chi connectivity index (χ2v) is 4.96. The van der Waals surface area contributed by atoms with Gasteiger partial charge in [0, 0.05) is 53.2 Å². The molecule has 0 aliphatic carbocycles. The highest BCUT2D eigenvalue weighted by Gasteiger charge is 2.09. The Morgan fingerprint density at radius 1 is 1.22 bits per heavy atom. The molecule has 106 valence electrons. The maximum atomic E-state index is 11.8. The van der Waals surface area contributed by atoms with Gasteiger partial charge in [0.25, 0.3) is 0 Å². The minimum Gasteiger partial charge on any atom is -0.393 e. The zero-order chi connectivity index (χ0) is 14.0. The molecular weight excluding hydrogens is 250 g/mol. The lowest BCUT2D eigenvalue weighted by atomic mass is 10.3. The molecule has 0 saturated heterocycles. The number of ether oxygens (including phenoxy) is 1. The number of amides is 1. The molecule has 0 aromatic rings. The van der Waals surface area contributed by atoms with Crippen LogP contribution in [0.3, 0.4) is 0 Å². The van der Waals surface area contributed by atoms with Gasteiger partial charge in [0.2, 0.25) is 5.91 Å². The van der Waals surface area contributed by atoms with Gasteiger partial charge >= 0.3 is 0 Å². The summed E-state index contributed by atoms with van der Waals surface area (Å²) in [6, 6.07) is 0. The van der Waals surface area contributed by atoms with Crippen LogP contribution in [0.1, 0.15) is 19.3 Å². The van der Waals surface area contributed by atoms with Crippen molar-refractivity contribution >= 4 is 23.1 Å². The number of rotatable bonds is 10. The molecule has 0 atom stereocenters. The standard InChI is InChI=1S/C12H25N3O2S/c1-14(7-4-10-17-3)8-6-12(16)15(2)9-5-11(13)18/h4-10H2,1-3H3,(H2,13,18). The highest BCUT2D eigenvalue weighted by Crippen LogP contribution is 1.97. The monoisotopic (exact) mass is 275 g/mol. The second-order valence-electron chi connectivity index (χ2n) is 4.43. The minimum absolute atomic E-state index is 0.129.